The normalized spacial score (nSPS) is 16.1. The van der Waals surface area contributed by atoms with Crippen molar-refractivity contribution in [1.29, 1.82) is 0 Å². The fraction of sp³-hybridized carbons (Fsp3) is 0.462. The van der Waals surface area contributed by atoms with Crippen LogP contribution in [0.3, 0.4) is 0 Å². The molecule has 0 spiro atoms. The van der Waals surface area contributed by atoms with Gasteiger partial charge in [0.15, 0.2) is 0 Å². The maximum Gasteiger partial charge on any atom is 0.252 e. The zero-order chi connectivity index (χ0) is 12.4. The Balaban J connectivity index is 2.43. The third kappa shape index (κ3) is 2.45. The van der Waals surface area contributed by atoms with Gasteiger partial charge in [-0.25, -0.2) is 0 Å². The molecule has 1 aromatic rings. The summed E-state index contributed by atoms with van der Waals surface area (Å²) >= 11 is 5.60. The van der Waals surface area contributed by atoms with Crippen LogP contribution in [-0.4, -0.2) is 31.4 Å². The van der Waals surface area contributed by atoms with E-state index in [4.69, 9.17) is 11.6 Å². The van der Waals surface area contributed by atoms with Gasteiger partial charge in [-0.2, -0.15) is 0 Å². The van der Waals surface area contributed by atoms with Crippen molar-refractivity contribution in [3.8, 4) is 0 Å². The number of aryl methyl sites for hydroxylation is 1. The number of piperazine rings is 1. The second-order valence-electron chi connectivity index (χ2n) is 4.41. The van der Waals surface area contributed by atoms with Gasteiger partial charge in [-0.05, 0) is 42.6 Å². The topological polar surface area (TPSA) is 32.3 Å². The molecule has 0 bridgehead atoms. The molecule has 0 saturated carbocycles. The molecule has 0 amide bonds. The molecule has 0 aromatic heterocycles. The molecule has 1 aliphatic heterocycles. The van der Waals surface area contributed by atoms with E-state index in [0.717, 1.165) is 37.4 Å². The Morgan fingerprint density at radius 3 is 2.53 bits per heavy atom. The molecule has 17 heavy (non-hydrogen) atoms. The third-order valence-electron chi connectivity index (χ3n) is 3.28. The number of carbonyl (C=O) groups is 1. The first-order chi connectivity index (χ1) is 8.11. The molecule has 0 atom stereocenters. The molecular weight excluding hydrogens is 236 g/mol. The minimum Gasteiger partial charge on any atom is -0.369 e. The quantitative estimate of drug-likeness (QED) is 0.819. The maximum absolute atomic E-state index is 11.3. The van der Waals surface area contributed by atoms with Gasteiger partial charge in [0.25, 0.3) is 5.24 Å². The Hall–Kier alpha value is -1.06. The van der Waals surface area contributed by atoms with Crippen molar-refractivity contribution in [1.82, 2.24) is 5.32 Å². The molecule has 92 valence electrons. The summed E-state index contributed by atoms with van der Waals surface area (Å²) in [5, 5.41) is 2.95. The van der Waals surface area contributed by atoms with E-state index in [1.54, 1.807) is 0 Å². The van der Waals surface area contributed by atoms with E-state index in [0.29, 0.717) is 5.56 Å². The number of nitrogens with zero attached hydrogens (tertiary/aromatic N) is 1. The van der Waals surface area contributed by atoms with Crippen LogP contribution in [0.25, 0.3) is 0 Å². The van der Waals surface area contributed by atoms with Crippen molar-refractivity contribution < 1.29 is 4.79 Å². The number of rotatable bonds is 2. The number of benzene rings is 1. The van der Waals surface area contributed by atoms with E-state index in [2.05, 4.69) is 17.1 Å². The highest BCUT2D eigenvalue weighted by molar-refractivity contribution is 6.68. The summed E-state index contributed by atoms with van der Waals surface area (Å²) in [6.07, 6.45) is 0. The van der Waals surface area contributed by atoms with E-state index < -0.39 is 0 Å². The van der Waals surface area contributed by atoms with E-state index in [-0.39, 0.29) is 5.24 Å². The monoisotopic (exact) mass is 252 g/mol. The number of halogens is 1. The predicted molar refractivity (Wildman–Crippen MR) is 71.2 cm³/mol. The highest BCUT2D eigenvalue weighted by Crippen LogP contribution is 2.28. The molecule has 1 N–H and O–H groups in total. The fourth-order valence-corrected chi connectivity index (χ4v) is 2.63. The molecule has 0 radical (unpaired) electrons. The Bertz CT molecular complexity index is 439. The Labute approximate surface area is 107 Å². The molecule has 1 aromatic carbocycles. The van der Waals surface area contributed by atoms with Crippen molar-refractivity contribution in [2.75, 3.05) is 31.1 Å². The van der Waals surface area contributed by atoms with E-state index in [1.165, 1.54) is 5.56 Å². The van der Waals surface area contributed by atoms with Crippen LogP contribution in [0, 0.1) is 13.8 Å². The van der Waals surface area contributed by atoms with Crippen molar-refractivity contribution in [3.05, 3.63) is 28.8 Å². The van der Waals surface area contributed by atoms with Crippen molar-refractivity contribution >= 4 is 22.5 Å². The molecule has 0 aliphatic carbocycles. The first-order valence-electron chi connectivity index (χ1n) is 5.87. The standard InChI is InChI=1S/C13H17ClN2O/c1-9-3-4-11(13(14)17)10(2)12(9)16-7-5-15-6-8-16/h3-4,15H,5-8H2,1-2H3. The Kier molecular flexibility index (Phi) is 3.69. The number of hydrogen-bond donors (Lipinski definition) is 1. The smallest absolute Gasteiger partial charge is 0.252 e. The van der Waals surface area contributed by atoms with E-state index in [1.807, 2.05) is 19.1 Å². The molecule has 1 fully saturated rings. The molecule has 3 nitrogen and oxygen atoms in total. The lowest BCUT2D eigenvalue weighted by atomic mass is 10.0. The first kappa shape index (κ1) is 12.4. The summed E-state index contributed by atoms with van der Waals surface area (Å²) in [6.45, 7) is 7.96. The number of nitrogens with one attached hydrogen (secondary N) is 1. The van der Waals surface area contributed by atoms with E-state index in [9.17, 15) is 4.79 Å². The van der Waals surface area contributed by atoms with Gasteiger partial charge in [-0.3, -0.25) is 4.79 Å². The highest BCUT2D eigenvalue weighted by Gasteiger charge is 2.18. The van der Waals surface area contributed by atoms with Crippen LogP contribution in [0.4, 0.5) is 5.69 Å². The molecule has 1 aliphatic rings. The third-order valence-corrected chi connectivity index (χ3v) is 3.48. The summed E-state index contributed by atoms with van der Waals surface area (Å²) in [4.78, 5) is 13.7. The summed E-state index contributed by atoms with van der Waals surface area (Å²) in [5.41, 5.74) is 3.97. The highest BCUT2D eigenvalue weighted by atomic mass is 35.5. The Morgan fingerprint density at radius 2 is 1.94 bits per heavy atom. The van der Waals surface area contributed by atoms with Gasteiger partial charge >= 0.3 is 0 Å². The maximum atomic E-state index is 11.3. The van der Waals surface area contributed by atoms with Crippen LogP contribution < -0.4 is 10.2 Å². The van der Waals surface area contributed by atoms with Gasteiger partial charge in [-0.1, -0.05) is 6.07 Å². The van der Waals surface area contributed by atoms with Crippen LogP contribution in [0.5, 0.6) is 0 Å². The second kappa shape index (κ2) is 5.07. The minimum absolute atomic E-state index is 0.376. The Morgan fingerprint density at radius 1 is 1.29 bits per heavy atom. The van der Waals surface area contributed by atoms with Gasteiger partial charge in [0, 0.05) is 37.4 Å². The molecule has 1 heterocycles. The van der Waals surface area contributed by atoms with Gasteiger partial charge < -0.3 is 10.2 Å². The summed E-state index contributed by atoms with van der Waals surface area (Å²) in [5.74, 6) is 0. The second-order valence-corrected chi connectivity index (χ2v) is 4.76. The van der Waals surface area contributed by atoms with Crippen LogP contribution in [0.1, 0.15) is 21.5 Å². The zero-order valence-electron chi connectivity index (χ0n) is 10.2. The minimum atomic E-state index is -0.376. The lowest BCUT2D eigenvalue weighted by Gasteiger charge is -2.32. The van der Waals surface area contributed by atoms with Crippen molar-refractivity contribution in [2.45, 2.75) is 13.8 Å². The molecular formula is C13H17ClN2O. The summed E-state index contributed by atoms with van der Waals surface area (Å²) < 4.78 is 0. The van der Waals surface area contributed by atoms with Gasteiger partial charge in [-0.15, -0.1) is 0 Å². The predicted octanol–water partition coefficient (Wildman–Crippen LogP) is 2.09. The van der Waals surface area contributed by atoms with Crippen LogP contribution in [0.15, 0.2) is 12.1 Å². The van der Waals surface area contributed by atoms with Gasteiger partial charge in [0.1, 0.15) is 0 Å². The number of hydrogen-bond acceptors (Lipinski definition) is 3. The van der Waals surface area contributed by atoms with Crippen molar-refractivity contribution in [3.63, 3.8) is 0 Å². The van der Waals surface area contributed by atoms with Gasteiger partial charge in [0.05, 0.1) is 0 Å². The average molecular weight is 253 g/mol. The van der Waals surface area contributed by atoms with Crippen molar-refractivity contribution in [2.24, 2.45) is 0 Å². The first-order valence-corrected chi connectivity index (χ1v) is 6.24. The zero-order valence-corrected chi connectivity index (χ0v) is 11.0. The number of carbonyl (C=O) groups excluding carboxylic acids is 1. The molecule has 4 heteroatoms. The largest absolute Gasteiger partial charge is 0.369 e. The number of anilines is 1. The molecule has 1 saturated heterocycles. The van der Waals surface area contributed by atoms with Crippen LogP contribution in [-0.2, 0) is 0 Å². The SMILES string of the molecule is Cc1ccc(C(=O)Cl)c(C)c1N1CCNCC1. The molecule has 0 unspecified atom stereocenters. The van der Waals surface area contributed by atoms with Crippen LogP contribution in [0.2, 0.25) is 0 Å². The van der Waals surface area contributed by atoms with E-state index >= 15 is 0 Å². The van der Waals surface area contributed by atoms with Gasteiger partial charge in [0.2, 0.25) is 0 Å². The lowest BCUT2D eigenvalue weighted by molar-refractivity contribution is 0.108. The van der Waals surface area contributed by atoms with Crippen LogP contribution >= 0.6 is 11.6 Å². The summed E-state index contributed by atoms with van der Waals surface area (Å²) in [7, 11) is 0. The fourth-order valence-electron chi connectivity index (χ4n) is 2.42. The summed E-state index contributed by atoms with van der Waals surface area (Å²) in [6, 6.07) is 3.78. The molecule has 2 rings (SSSR count). The lowest BCUT2D eigenvalue weighted by Crippen LogP contribution is -2.44. The average Bonchev–Trinajstić information content (AvgIpc) is 2.30.